The summed E-state index contributed by atoms with van der Waals surface area (Å²) in [5, 5.41) is 8.15. The van der Waals surface area contributed by atoms with E-state index in [1.54, 1.807) is 41.2 Å². The summed E-state index contributed by atoms with van der Waals surface area (Å²) in [5.41, 5.74) is 0.856. The number of anilines is 1. The number of thiophene rings is 1. The minimum absolute atomic E-state index is 0.231. The number of carbonyl (C=O) groups excluding carboxylic acids is 1. The average Bonchev–Trinajstić information content (AvgIpc) is 3.11. The van der Waals surface area contributed by atoms with E-state index in [4.69, 9.17) is 34.8 Å². The molecule has 0 aliphatic rings. The summed E-state index contributed by atoms with van der Waals surface area (Å²) >= 11 is 19.1. The second-order valence-corrected chi connectivity index (χ2v) is 7.23. The van der Waals surface area contributed by atoms with Gasteiger partial charge in [0.1, 0.15) is 5.82 Å². The number of aromatic nitrogens is 2. The SMILES string of the molecule is O=C(Nc1ccnn1Cc1ccc(Cl)cc1Cl)c1ccc(Cl)s1. The number of nitrogens with one attached hydrogen (secondary N) is 1. The Bertz CT molecular complexity index is 859. The molecule has 0 atom stereocenters. The molecule has 0 aliphatic heterocycles. The van der Waals surface area contributed by atoms with Crippen molar-refractivity contribution in [3.8, 4) is 0 Å². The van der Waals surface area contributed by atoms with Gasteiger partial charge in [-0.2, -0.15) is 5.10 Å². The van der Waals surface area contributed by atoms with Gasteiger partial charge in [0.25, 0.3) is 5.91 Å². The van der Waals surface area contributed by atoms with Gasteiger partial charge in [-0.15, -0.1) is 11.3 Å². The minimum atomic E-state index is -0.231. The molecule has 0 aliphatic carbocycles. The Morgan fingerprint density at radius 3 is 2.70 bits per heavy atom. The zero-order valence-corrected chi connectivity index (χ0v) is 14.7. The lowest BCUT2D eigenvalue weighted by Crippen LogP contribution is -2.15. The van der Waals surface area contributed by atoms with Crippen LogP contribution in [0.3, 0.4) is 0 Å². The van der Waals surface area contributed by atoms with E-state index in [-0.39, 0.29) is 5.91 Å². The number of benzene rings is 1. The van der Waals surface area contributed by atoms with Gasteiger partial charge >= 0.3 is 0 Å². The Morgan fingerprint density at radius 1 is 1.17 bits per heavy atom. The third-order valence-electron chi connectivity index (χ3n) is 3.09. The second-order valence-electron chi connectivity index (χ2n) is 4.67. The van der Waals surface area contributed by atoms with Crippen LogP contribution in [-0.2, 0) is 6.54 Å². The van der Waals surface area contributed by atoms with Crippen molar-refractivity contribution >= 4 is 57.9 Å². The zero-order valence-electron chi connectivity index (χ0n) is 11.6. The number of carbonyl (C=O) groups is 1. The number of nitrogens with zero attached hydrogens (tertiary/aromatic N) is 2. The Kier molecular flexibility index (Phi) is 4.92. The Labute approximate surface area is 151 Å². The van der Waals surface area contributed by atoms with Gasteiger partial charge in [-0.1, -0.05) is 40.9 Å². The van der Waals surface area contributed by atoms with Crippen LogP contribution in [-0.4, -0.2) is 15.7 Å². The van der Waals surface area contributed by atoms with E-state index >= 15 is 0 Å². The maximum Gasteiger partial charge on any atom is 0.266 e. The molecule has 0 saturated carbocycles. The van der Waals surface area contributed by atoms with E-state index in [9.17, 15) is 4.79 Å². The highest BCUT2D eigenvalue weighted by molar-refractivity contribution is 7.18. The minimum Gasteiger partial charge on any atom is -0.306 e. The summed E-state index contributed by atoms with van der Waals surface area (Å²) in [7, 11) is 0. The van der Waals surface area contributed by atoms with Gasteiger partial charge < -0.3 is 5.32 Å². The highest BCUT2D eigenvalue weighted by Gasteiger charge is 2.13. The van der Waals surface area contributed by atoms with Crippen molar-refractivity contribution < 1.29 is 4.79 Å². The standard InChI is InChI=1S/C15H10Cl3N3OS/c16-10-2-1-9(11(17)7-10)8-21-14(5-6-19-21)20-15(22)12-3-4-13(18)23-12/h1-7H,8H2,(H,20,22). The van der Waals surface area contributed by atoms with Gasteiger partial charge in [-0.25, -0.2) is 4.68 Å². The molecule has 2 aromatic heterocycles. The fraction of sp³-hybridized carbons (Fsp3) is 0.0667. The van der Waals surface area contributed by atoms with Crippen molar-refractivity contribution in [2.45, 2.75) is 6.54 Å². The molecule has 8 heteroatoms. The first-order valence-electron chi connectivity index (χ1n) is 6.55. The Hall–Kier alpha value is -1.53. The van der Waals surface area contributed by atoms with E-state index in [2.05, 4.69) is 10.4 Å². The molecular weight excluding hydrogens is 377 g/mol. The zero-order chi connectivity index (χ0) is 16.4. The lowest BCUT2D eigenvalue weighted by molar-refractivity contribution is 0.102. The predicted molar refractivity (Wildman–Crippen MR) is 95.1 cm³/mol. The molecule has 118 valence electrons. The molecule has 1 amide bonds. The molecule has 1 aromatic carbocycles. The van der Waals surface area contributed by atoms with E-state index in [0.717, 1.165) is 5.56 Å². The lowest BCUT2D eigenvalue weighted by atomic mass is 10.2. The summed E-state index contributed by atoms with van der Waals surface area (Å²) in [6.07, 6.45) is 1.61. The maximum absolute atomic E-state index is 12.2. The molecule has 1 N–H and O–H groups in total. The van der Waals surface area contributed by atoms with Crippen LogP contribution in [0.4, 0.5) is 5.82 Å². The van der Waals surface area contributed by atoms with Crippen LogP contribution in [0.1, 0.15) is 15.2 Å². The van der Waals surface area contributed by atoms with Crippen LogP contribution < -0.4 is 5.32 Å². The second kappa shape index (κ2) is 6.93. The molecule has 0 fully saturated rings. The van der Waals surface area contributed by atoms with Crippen LogP contribution in [0.25, 0.3) is 0 Å². The van der Waals surface area contributed by atoms with Crippen LogP contribution in [0.5, 0.6) is 0 Å². The van der Waals surface area contributed by atoms with E-state index in [1.807, 2.05) is 6.07 Å². The van der Waals surface area contributed by atoms with E-state index in [1.165, 1.54) is 11.3 Å². The van der Waals surface area contributed by atoms with Gasteiger partial charge in [0, 0.05) is 16.1 Å². The Balaban J connectivity index is 1.78. The van der Waals surface area contributed by atoms with Crippen molar-refractivity contribution in [1.29, 1.82) is 0 Å². The monoisotopic (exact) mass is 385 g/mol. The van der Waals surface area contributed by atoms with Crippen molar-refractivity contribution in [2.24, 2.45) is 0 Å². The van der Waals surface area contributed by atoms with Gasteiger partial charge in [-0.05, 0) is 29.8 Å². The first-order chi connectivity index (χ1) is 11.0. The molecule has 2 heterocycles. The molecule has 0 unspecified atom stereocenters. The summed E-state index contributed by atoms with van der Waals surface area (Å²) in [4.78, 5) is 12.7. The first kappa shape index (κ1) is 16.3. The third kappa shape index (κ3) is 3.87. The molecule has 0 saturated heterocycles. The van der Waals surface area contributed by atoms with Gasteiger partial charge in [0.05, 0.1) is 22.0 Å². The van der Waals surface area contributed by atoms with Crippen LogP contribution in [0, 0.1) is 0 Å². The molecule has 3 rings (SSSR count). The smallest absolute Gasteiger partial charge is 0.266 e. The number of halogens is 3. The molecule has 4 nitrogen and oxygen atoms in total. The van der Waals surface area contributed by atoms with Crippen molar-refractivity contribution in [3.63, 3.8) is 0 Å². The van der Waals surface area contributed by atoms with Crippen LogP contribution in [0.15, 0.2) is 42.6 Å². The molecule has 0 spiro atoms. The number of hydrogen-bond donors (Lipinski definition) is 1. The molecule has 0 radical (unpaired) electrons. The highest BCUT2D eigenvalue weighted by atomic mass is 35.5. The molecule has 3 aromatic rings. The molecule has 0 bridgehead atoms. The van der Waals surface area contributed by atoms with Gasteiger partial charge in [0.15, 0.2) is 0 Å². The van der Waals surface area contributed by atoms with Crippen molar-refractivity contribution in [2.75, 3.05) is 5.32 Å². The normalized spacial score (nSPS) is 10.7. The number of rotatable bonds is 4. The molecular formula is C15H10Cl3N3OS. The number of amides is 1. The summed E-state index contributed by atoms with van der Waals surface area (Å²) < 4.78 is 2.22. The van der Waals surface area contributed by atoms with Gasteiger partial charge in [0.2, 0.25) is 0 Å². The highest BCUT2D eigenvalue weighted by Crippen LogP contribution is 2.24. The van der Waals surface area contributed by atoms with E-state index < -0.39 is 0 Å². The summed E-state index contributed by atoms with van der Waals surface area (Å²) in [6, 6.07) is 10.4. The topological polar surface area (TPSA) is 46.9 Å². The third-order valence-corrected chi connectivity index (χ3v) is 4.91. The first-order valence-corrected chi connectivity index (χ1v) is 8.50. The average molecular weight is 387 g/mol. The van der Waals surface area contributed by atoms with Crippen LogP contribution >= 0.6 is 46.1 Å². The Morgan fingerprint density at radius 2 is 2.00 bits per heavy atom. The predicted octanol–water partition coefficient (Wildman–Crippen LogP) is 5.21. The molecule has 23 heavy (non-hydrogen) atoms. The fourth-order valence-corrected chi connectivity index (χ4v) is 3.40. The number of hydrogen-bond acceptors (Lipinski definition) is 3. The lowest BCUT2D eigenvalue weighted by Gasteiger charge is -2.10. The maximum atomic E-state index is 12.2. The largest absolute Gasteiger partial charge is 0.306 e. The van der Waals surface area contributed by atoms with Crippen molar-refractivity contribution in [3.05, 3.63) is 67.4 Å². The van der Waals surface area contributed by atoms with Crippen LogP contribution in [0.2, 0.25) is 14.4 Å². The van der Waals surface area contributed by atoms with Crippen molar-refractivity contribution in [1.82, 2.24) is 9.78 Å². The van der Waals surface area contributed by atoms with Gasteiger partial charge in [-0.3, -0.25) is 4.79 Å². The summed E-state index contributed by atoms with van der Waals surface area (Å²) in [6.45, 7) is 0.420. The van der Waals surface area contributed by atoms with E-state index in [0.29, 0.717) is 31.6 Å². The summed E-state index contributed by atoms with van der Waals surface area (Å²) in [5.74, 6) is 0.344. The quantitative estimate of drug-likeness (QED) is 0.669. The fourth-order valence-electron chi connectivity index (χ4n) is 1.99.